The van der Waals surface area contributed by atoms with Crippen molar-refractivity contribution in [2.75, 3.05) is 19.6 Å². The minimum atomic E-state index is -0.568. The fourth-order valence-electron chi connectivity index (χ4n) is 2.63. The van der Waals surface area contributed by atoms with Gasteiger partial charge in [-0.25, -0.2) is 4.39 Å². The number of hydrogen-bond acceptors (Lipinski definition) is 2. The average molecular weight is 292 g/mol. The topological polar surface area (TPSA) is 32.3 Å². The lowest BCUT2D eigenvalue weighted by Crippen LogP contribution is -2.48. The number of amides is 1. The van der Waals surface area contributed by atoms with Gasteiger partial charge in [0.25, 0.3) is 0 Å². The van der Waals surface area contributed by atoms with Gasteiger partial charge in [0.05, 0.1) is 11.5 Å². The zero-order valence-electron chi connectivity index (χ0n) is 13.2. The van der Waals surface area contributed by atoms with E-state index in [1.165, 1.54) is 18.6 Å². The molecule has 0 saturated carbocycles. The normalized spacial score (nSPS) is 17.1. The fraction of sp³-hybridized carbons (Fsp3) is 0.588. The number of likely N-dealkylation sites (tertiary alicyclic amines) is 1. The molecule has 2 rings (SSSR count). The molecule has 1 atom stereocenters. The summed E-state index contributed by atoms with van der Waals surface area (Å²) in [4.78, 5) is 14.8. The summed E-state index contributed by atoms with van der Waals surface area (Å²) in [5.74, 6) is -0.223. The van der Waals surface area contributed by atoms with Crippen molar-refractivity contribution in [3.63, 3.8) is 0 Å². The number of carbonyl (C=O) groups is 1. The van der Waals surface area contributed by atoms with Crippen LogP contribution in [-0.4, -0.2) is 30.4 Å². The van der Waals surface area contributed by atoms with Crippen LogP contribution in [0.4, 0.5) is 4.39 Å². The summed E-state index contributed by atoms with van der Waals surface area (Å²) in [5.41, 5.74) is 0.219. The van der Waals surface area contributed by atoms with Crippen molar-refractivity contribution in [2.45, 2.75) is 39.2 Å². The van der Waals surface area contributed by atoms with Gasteiger partial charge in [-0.05, 0) is 57.5 Å². The smallest absolute Gasteiger partial charge is 0.225 e. The van der Waals surface area contributed by atoms with E-state index in [-0.39, 0.29) is 17.6 Å². The third-order valence-corrected chi connectivity index (χ3v) is 4.27. The SMILES string of the molecule is CC[C@H](CN1CCC1)C(=O)NC(C)(C)c1cccc(F)c1. The Kier molecular flexibility index (Phi) is 4.99. The second kappa shape index (κ2) is 6.56. The standard InChI is InChI=1S/C17H25FN2O/c1-4-13(12-20-9-6-10-20)16(21)19-17(2,3)14-7-5-8-15(18)11-14/h5,7-8,11,13H,4,6,9-10,12H2,1-3H3,(H,19,21)/t13-/m1/s1. The Morgan fingerprint density at radius 2 is 2.14 bits per heavy atom. The molecule has 1 aromatic rings. The molecule has 0 aromatic heterocycles. The lowest BCUT2D eigenvalue weighted by atomic mass is 9.92. The lowest BCUT2D eigenvalue weighted by Gasteiger charge is -2.35. The van der Waals surface area contributed by atoms with E-state index in [1.807, 2.05) is 26.8 Å². The summed E-state index contributed by atoms with van der Waals surface area (Å²) in [7, 11) is 0. The largest absolute Gasteiger partial charge is 0.347 e. The first-order valence-corrected chi connectivity index (χ1v) is 7.73. The first-order chi connectivity index (χ1) is 9.92. The number of nitrogens with one attached hydrogen (secondary N) is 1. The molecule has 1 heterocycles. The molecular formula is C17H25FN2O. The van der Waals surface area contributed by atoms with Crippen molar-refractivity contribution in [1.82, 2.24) is 10.2 Å². The average Bonchev–Trinajstić information content (AvgIpc) is 2.37. The van der Waals surface area contributed by atoms with E-state index in [0.717, 1.165) is 31.6 Å². The molecule has 1 aliphatic rings. The molecule has 0 radical (unpaired) electrons. The van der Waals surface area contributed by atoms with Crippen LogP contribution >= 0.6 is 0 Å². The van der Waals surface area contributed by atoms with E-state index in [9.17, 15) is 9.18 Å². The second-order valence-corrected chi connectivity index (χ2v) is 6.38. The molecule has 0 bridgehead atoms. The zero-order chi connectivity index (χ0) is 15.5. The highest BCUT2D eigenvalue weighted by atomic mass is 19.1. The summed E-state index contributed by atoms with van der Waals surface area (Å²) in [6, 6.07) is 6.42. The van der Waals surface area contributed by atoms with Crippen LogP contribution in [0.1, 0.15) is 39.2 Å². The molecule has 21 heavy (non-hydrogen) atoms. The van der Waals surface area contributed by atoms with Crippen molar-refractivity contribution in [3.05, 3.63) is 35.6 Å². The van der Waals surface area contributed by atoms with Gasteiger partial charge in [0.2, 0.25) is 5.91 Å². The summed E-state index contributed by atoms with van der Waals surface area (Å²) < 4.78 is 13.4. The molecule has 1 aromatic carbocycles. The Balaban J connectivity index is 2.01. The molecule has 116 valence electrons. The van der Waals surface area contributed by atoms with E-state index in [2.05, 4.69) is 10.2 Å². The predicted octanol–water partition coefficient (Wildman–Crippen LogP) is 2.91. The highest BCUT2D eigenvalue weighted by Gasteiger charge is 2.29. The van der Waals surface area contributed by atoms with Crippen molar-refractivity contribution < 1.29 is 9.18 Å². The molecule has 1 aliphatic heterocycles. The minimum Gasteiger partial charge on any atom is -0.347 e. The quantitative estimate of drug-likeness (QED) is 0.874. The van der Waals surface area contributed by atoms with Gasteiger partial charge < -0.3 is 10.2 Å². The molecule has 1 saturated heterocycles. The van der Waals surface area contributed by atoms with Gasteiger partial charge in [-0.1, -0.05) is 19.1 Å². The number of nitrogens with zero attached hydrogens (tertiary/aromatic N) is 1. The van der Waals surface area contributed by atoms with Crippen LogP contribution in [-0.2, 0) is 10.3 Å². The Morgan fingerprint density at radius 1 is 1.43 bits per heavy atom. The number of hydrogen-bond donors (Lipinski definition) is 1. The second-order valence-electron chi connectivity index (χ2n) is 6.38. The van der Waals surface area contributed by atoms with Gasteiger partial charge >= 0.3 is 0 Å². The van der Waals surface area contributed by atoms with Gasteiger partial charge in [-0.15, -0.1) is 0 Å². The third kappa shape index (κ3) is 4.03. The number of halogens is 1. The summed E-state index contributed by atoms with van der Waals surface area (Å²) >= 11 is 0. The van der Waals surface area contributed by atoms with Crippen LogP contribution in [0.2, 0.25) is 0 Å². The van der Waals surface area contributed by atoms with Gasteiger partial charge in [-0.2, -0.15) is 0 Å². The number of benzene rings is 1. The van der Waals surface area contributed by atoms with Crippen LogP contribution in [0.5, 0.6) is 0 Å². The highest BCUT2D eigenvalue weighted by molar-refractivity contribution is 5.79. The van der Waals surface area contributed by atoms with E-state index in [1.54, 1.807) is 6.07 Å². The first-order valence-electron chi connectivity index (χ1n) is 7.73. The van der Waals surface area contributed by atoms with Crippen LogP contribution in [0, 0.1) is 11.7 Å². The lowest BCUT2D eigenvalue weighted by molar-refractivity contribution is -0.127. The van der Waals surface area contributed by atoms with Gasteiger partial charge in [0, 0.05) is 6.54 Å². The molecule has 3 nitrogen and oxygen atoms in total. The summed E-state index contributed by atoms with van der Waals surface area (Å²) in [6.45, 7) is 8.88. The third-order valence-electron chi connectivity index (χ3n) is 4.27. The zero-order valence-corrected chi connectivity index (χ0v) is 13.2. The Hall–Kier alpha value is -1.42. The van der Waals surface area contributed by atoms with E-state index in [0.29, 0.717) is 0 Å². The van der Waals surface area contributed by atoms with E-state index >= 15 is 0 Å². The van der Waals surface area contributed by atoms with E-state index in [4.69, 9.17) is 0 Å². The van der Waals surface area contributed by atoms with Crippen LogP contribution in [0.3, 0.4) is 0 Å². The molecule has 0 unspecified atom stereocenters. The fourth-order valence-corrected chi connectivity index (χ4v) is 2.63. The monoisotopic (exact) mass is 292 g/mol. The molecule has 1 fully saturated rings. The maximum atomic E-state index is 13.4. The van der Waals surface area contributed by atoms with Gasteiger partial charge in [0.15, 0.2) is 0 Å². The molecule has 0 aliphatic carbocycles. The van der Waals surface area contributed by atoms with E-state index < -0.39 is 5.54 Å². The van der Waals surface area contributed by atoms with Crippen LogP contribution in [0.25, 0.3) is 0 Å². The highest BCUT2D eigenvalue weighted by Crippen LogP contribution is 2.22. The Labute approximate surface area is 126 Å². The van der Waals surface area contributed by atoms with Gasteiger partial charge in [0.1, 0.15) is 5.82 Å². The van der Waals surface area contributed by atoms with Crippen LogP contribution in [0.15, 0.2) is 24.3 Å². The number of rotatable bonds is 6. The van der Waals surface area contributed by atoms with Crippen molar-refractivity contribution in [2.24, 2.45) is 5.92 Å². The summed E-state index contributed by atoms with van der Waals surface area (Å²) in [6.07, 6.45) is 2.05. The van der Waals surface area contributed by atoms with Crippen molar-refractivity contribution >= 4 is 5.91 Å². The Bertz CT molecular complexity index is 497. The van der Waals surface area contributed by atoms with Crippen molar-refractivity contribution in [1.29, 1.82) is 0 Å². The predicted molar refractivity (Wildman–Crippen MR) is 82.4 cm³/mol. The number of carbonyl (C=O) groups excluding carboxylic acids is 1. The summed E-state index contributed by atoms with van der Waals surface area (Å²) in [5, 5.41) is 3.07. The first kappa shape index (κ1) is 16.0. The maximum Gasteiger partial charge on any atom is 0.225 e. The molecule has 1 N–H and O–H groups in total. The van der Waals surface area contributed by atoms with Crippen molar-refractivity contribution in [3.8, 4) is 0 Å². The molecule has 0 spiro atoms. The molecule has 4 heteroatoms. The minimum absolute atomic E-state index is 0.00173. The Morgan fingerprint density at radius 3 is 2.67 bits per heavy atom. The van der Waals surface area contributed by atoms with Gasteiger partial charge in [-0.3, -0.25) is 4.79 Å². The van der Waals surface area contributed by atoms with Crippen LogP contribution < -0.4 is 5.32 Å². The molecule has 1 amide bonds. The molecular weight excluding hydrogens is 267 g/mol. The maximum absolute atomic E-state index is 13.4.